The molecule has 0 aliphatic carbocycles. The molecule has 0 spiro atoms. The SMILES string of the molecule is O=P([O-])([O-])CCCCCCS(=O)(=O)O.O=P([O-])([O-])CCCCCCS(=O)(=O)O.[Zr+4]. The van der Waals surface area contributed by atoms with E-state index in [9.17, 15) is 45.5 Å². The predicted molar refractivity (Wildman–Crippen MR) is 94.7 cm³/mol. The number of hydrogen-bond donors (Lipinski definition) is 2. The second kappa shape index (κ2) is 16.6. The first-order chi connectivity index (χ1) is 12.4. The summed E-state index contributed by atoms with van der Waals surface area (Å²) in [5, 5.41) is 0. The summed E-state index contributed by atoms with van der Waals surface area (Å²) in [6.45, 7) is 0. The molecule has 0 amide bonds. The number of hydrogen-bond acceptors (Lipinski definition) is 10. The average Bonchev–Trinajstić information content (AvgIpc) is 2.43. The van der Waals surface area contributed by atoms with Gasteiger partial charge in [-0.2, -0.15) is 16.8 Å². The third-order valence-corrected chi connectivity index (χ3v) is 6.51. The van der Waals surface area contributed by atoms with Crippen molar-refractivity contribution < 1.29 is 80.8 Å². The summed E-state index contributed by atoms with van der Waals surface area (Å²) in [6.07, 6.45) is 2.19. The maximum absolute atomic E-state index is 10.2. The Morgan fingerprint density at radius 2 is 0.793 bits per heavy atom. The molecule has 0 bridgehead atoms. The van der Waals surface area contributed by atoms with Crippen molar-refractivity contribution in [2.75, 3.05) is 23.8 Å². The maximum Gasteiger partial charge on any atom is 4.00 e. The quantitative estimate of drug-likeness (QED) is 0.139. The van der Waals surface area contributed by atoms with E-state index < -0.39 is 47.8 Å². The van der Waals surface area contributed by atoms with Gasteiger partial charge in [0.25, 0.3) is 20.2 Å². The maximum atomic E-state index is 10.2. The van der Waals surface area contributed by atoms with Crippen molar-refractivity contribution in [2.45, 2.75) is 51.4 Å². The van der Waals surface area contributed by atoms with Gasteiger partial charge in [0.1, 0.15) is 0 Å². The fraction of sp³-hybridized carbons (Fsp3) is 1.00. The molecule has 0 aromatic heterocycles. The van der Waals surface area contributed by atoms with Crippen molar-refractivity contribution in [3.05, 3.63) is 0 Å². The van der Waals surface area contributed by atoms with E-state index in [0.29, 0.717) is 25.7 Å². The summed E-state index contributed by atoms with van der Waals surface area (Å²) in [6, 6.07) is 0. The summed E-state index contributed by atoms with van der Waals surface area (Å²) >= 11 is 0. The van der Waals surface area contributed by atoms with Gasteiger partial charge in [-0.15, -0.1) is 0 Å². The monoisotopic (exact) mass is 578 g/mol. The molecule has 2 N–H and O–H groups in total. The van der Waals surface area contributed by atoms with Crippen LogP contribution in [0.25, 0.3) is 0 Å². The summed E-state index contributed by atoms with van der Waals surface area (Å²) in [4.78, 5) is 40.6. The van der Waals surface area contributed by atoms with E-state index in [-0.39, 0.29) is 63.4 Å². The molecule has 12 nitrogen and oxygen atoms in total. The number of rotatable bonds is 14. The molecule has 0 aromatic rings. The topological polar surface area (TPSA) is 235 Å². The van der Waals surface area contributed by atoms with Crippen LogP contribution in [0.5, 0.6) is 0 Å². The molecule has 0 saturated heterocycles. The molecule has 0 radical (unpaired) electrons. The van der Waals surface area contributed by atoms with Crippen LogP contribution in [-0.4, -0.2) is 49.8 Å². The molecular formula is C12H26O12P2S2Zr. The van der Waals surface area contributed by atoms with Gasteiger partial charge in [-0.05, 0) is 38.0 Å². The third kappa shape index (κ3) is 40.0. The minimum Gasteiger partial charge on any atom is -0.811 e. The number of unbranched alkanes of at least 4 members (excludes halogenated alkanes) is 6. The molecule has 172 valence electrons. The van der Waals surface area contributed by atoms with Crippen molar-refractivity contribution in [3.8, 4) is 0 Å². The Balaban J connectivity index is -0.000000451. The van der Waals surface area contributed by atoms with E-state index in [1.807, 2.05) is 0 Å². The Bertz CT molecular complexity index is 651. The summed E-state index contributed by atoms with van der Waals surface area (Å²) in [5.41, 5.74) is 0. The molecule has 29 heavy (non-hydrogen) atoms. The van der Waals surface area contributed by atoms with Gasteiger partial charge in [-0.25, -0.2) is 0 Å². The van der Waals surface area contributed by atoms with E-state index in [4.69, 9.17) is 9.11 Å². The van der Waals surface area contributed by atoms with Crippen molar-refractivity contribution in [1.29, 1.82) is 0 Å². The zero-order valence-electron chi connectivity index (χ0n) is 15.7. The first-order valence-corrected chi connectivity index (χ1v) is 15.0. The van der Waals surface area contributed by atoms with Gasteiger partial charge in [-0.3, -0.25) is 9.11 Å². The Morgan fingerprint density at radius 1 is 0.552 bits per heavy atom. The van der Waals surface area contributed by atoms with Crippen LogP contribution < -0.4 is 19.6 Å². The van der Waals surface area contributed by atoms with Crippen LogP contribution >= 0.6 is 15.2 Å². The molecule has 0 unspecified atom stereocenters. The normalized spacial score (nSPS) is 12.6. The standard InChI is InChI=1S/2C6H15O6PS.Zr/c2*7-13(8,9)5-3-1-2-4-6-14(10,11)12;/h2*1-6H2,(H2,7,8,9)(H,10,11,12);/q;;+4/p-4. The van der Waals surface area contributed by atoms with Gasteiger partial charge in [0, 0.05) is 0 Å². The fourth-order valence-corrected chi connectivity index (χ4v) is 4.25. The van der Waals surface area contributed by atoms with Crippen LogP contribution in [0.15, 0.2) is 0 Å². The molecular weight excluding hydrogens is 553 g/mol. The Kier molecular flexibility index (Phi) is 19.8. The van der Waals surface area contributed by atoms with Gasteiger partial charge in [0.05, 0.1) is 11.5 Å². The first-order valence-electron chi connectivity index (χ1n) is 8.34. The predicted octanol–water partition coefficient (Wildman–Crippen LogP) is -1.31. The van der Waals surface area contributed by atoms with Crippen LogP contribution in [0.4, 0.5) is 0 Å². The molecule has 0 fully saturated rings. The van der Waals surface area contributed by atoms with Gasteiger partial charge >= 0.3 is 26.2 Å². The Labute approximate surface area is 190 Å². The van der Waals surface area contributed by atoms with Crippen LogP contribution in [-0.2, 0) is 55.6 Å². The minimum atomic E-state index is -4.41. The van der Waals surface area contributed by atoms with Crippen molar-refractivity contribution in [2.24, 2.45) is 0 Å². The second-order valence-electron chi connectivity index (χ2n) is 6.07. The van der Waals surface area contributed by atoms with E-state index in [0.717, 1.165) is 0 Å². The first kappa shape index (κ1) is 34.6. The summed E-state index contributed by atoms with van der Waals surface area (Å²) < 4.78 is 77.9. The minimum absolute atomic E-state index is 0. The summed E-state index contributed by atoms with van der Waals surface area (Å²) in [7, 11) is -16.7. The van der Waals surface area contributed by atoms with Crippen LogP contribution in [0, 0.1) is 0 Å². The Hall–Kier alpha value is 1.00. The smallest absolute Gasteiger partial charge is 0.811 e. The Morgan fingerprint density at radius 3 is 1.00 bits per heavy atom. The van der Waals surface area contributed by atoms with Gasteiger partial charge in [-0.1, -0.05) is 40.9 Å². The fourth-order valence-electron chi connectivity index (χ4n) is 1.89. The molecule has 0 saturated carbocycles. The van der Waals surface area contributed by atoms with Gasteiger partial charge in [0.15, 0.2) is 0 Å². The van der Waals surface area contributed by atoms with Crippen molar-refractivity contribution in [1.82, 2.24) is 0 Å². The molecule has 17 heteroatoms. The molecule has 0 atom stereocenters. The van der Waals surface area contributed by atoms with E-state index in [1.54, 1.807) is 0 Å². The van der Waals surface area contributed by atoms with Gasteiger partial charge < -0.3 is 28.7 Å². The molecule has 0 rings (SSSR count). The van der Waals surface area contributed by atoms with E-state index >= 15 is 0 Å². The third-order valence-electron chi connectivity index (χ3n) is 3.17. The van der Waals surface area contributed by atoms with Crippen LogP contribution in [0.2, 0.25) is 0 Å². The van der Waals surface area contributed by atoms with Crippen LogP contribution in [0.3, 0.4) is 0 Å². The van der Waals surface area contributed by atoms with Crippen molar-refractivity contribution >= 4 is 35.4 Å². The second-order valence-corrected chi connectivity index (χ2v) is 12.6. The molecule has 0 aliphatic rings. The molecule has 0 heterocycles. The van der Waals surface area contributed by atoms with Gasteiger partial charge in [0.2, 0.25) is 0 Å². The average molecular weight is 580 g/mol. The zero-order valence-corrected chi connectivity index (χ0v) is 21.6. The molecule has 0 aromatic carbocycles. The van der Waals surface area contributed by atoms with Crippen molar-refractivity contribution in [3.63, 3.8) is 0 Å². The largest absolute Gasteiger partial charge is 4.00 e. The van der Waals surface area contributed by atoms with E-state index in [1.165, 1.54) is 0 Å². The molecule has 0 aliphatic heterocycles. The summed E-state index contributed by atoms with van der Waals surface area (Å²) in [5.74, 6) is -0.640. The van der Waals surface area contributed by atoms with Crippen LogP contribution in [0.1, 0.15) is 51.4 Å². The zero-order chi connectivity index (χ0) is 22.5. The van der Waals surface area contributed by atoms with E-state index in [2.05, 4.69) is 0 Å².